The van der Waals surface area contributed by atoms with Crippen molar-refractivity contribution in [3.05, 3.63) is 0 Å². The first-order chi connectivity index (χ1) is 5.10. The molecule has 0 aromatic carbocycles. The number of nitrogens with one attached hydrogen (secondary N) is 1. The molecule has 0 aliphatic rings. The Bertz CT molecular complexity index is 142. The van der Waals surface area contributed by atoms with Crippen LogP contribution in [0.4, 0.5) is 0 Å². The highest BCUT2D eigenvalue weighted by molar-refractivity contribution is 8.12. The number of hydrogen-bond donors (Lipinski definition) is 1. The topological polar surface area (TPSA) is 12.0 Å². The molecule has 74 valence electrons. The van der Waals surface area contributed by atoms with Crippen LogP contribution in [0.25, 0.3) is 0 Å². The van der Waals surface area contributed by atoms with Crippen LogP contribution in [-0.2, 0) is 0 Å². The predicted molar refractivity (Wildman–Crippen MR) is 61.9 cm³/mol. The van der Waals surface area contributed by atoms with E-state index in [9.17, 15) is 0 Å². The SMILES string of the molecule is C=S(CC(C)(C)C)NC(C)(C)C. The Kier molecular flexibility index (Phi) is 3.98. The van der Waals surface area contributed by atoms with E-state index in [4.69, 9.17) is 0 Å². The number of rotatable bonds is 2. The van der Waals surface area contributed by atoms with Crippen molar-refractivity contribution >= 4 is 16.5 Å². The van der Waals surface area contributed by atoms with E-state index in [0.717, 1.165) is 5.75 Å². The van der Waals surface area contributed by atoms with Gasteiger partial charge in [-0.2, -0.15) is 0 Å². The molecule has 1 nitrogen and oxygen atoms in total. The highest BCUT2D eigenvalue weighted by atomic mass is 32.2. The standard InChI is InChI=1S/C10H23NS/c1-9(2,3)8-12(7)11-10(4,5)6/h11H,7-8H2,1-6H3. The molecule has 2 heteroatoms. The van der Waals surface area contributed by atoms with Crippen LogP contribution < -0.4 is 4.72 Å². The van der Waals surface area contributed by atoms with Crippen LogP contribution >= 0.6 is 10.7 Å². The third-order valence-corrected chi connectivity index (χ3v) is 3.17. The van der Waals surface area contributed by atoms with Crippen molar-refractivity contribution < 1.29 is 0 Å². The third kappa shape index (κ3) is 8.28. The largest absolute Gasteiger partial charge is 0.265 e. The zero-order chi connectivity index (χ0) is 9.99. The maximum Gasteiger partial charge on any atom is 0.0193 e. The van der Waals surface area contributed by atoms with Crippen LogP contribution in [0, 0.1) is 5.41 Å². The second-order valence-electron chi connectivity index (χ2n) is 5.55. The summed E-state index contributed by atoms with van der Waals surface area (Å²) in [4.78, 5) is 0. The van der Waals surface area contributed by atoms with E-state index < -0.39 is 0 Å². The van der Waals surface area contributed by atoms with E-state index in [1.165, 1.54) is 0 Å². The molecule has 0 aromatic rings. The lowest BCUT2D eigenvalue weighted by Crippen LogP contribution is -2.33. The molecule has 0 saturated carbocycles. The Morgan fingerprint density at radius 2 is 1.50 bits per heavy atom. The minimum Gasteiger partial charge on any atom is -0.265 e. The molecule has 0 bridgehead atoms. The summed E-state index contributed by atoms with van der Waals surface area (Å²) < 4.78 is 3.49. The van der Waals surface area contributed by atoms with Crippen molar-refractivity contribution in [1.29, 1.82) is 0 Å². The van der Waals surface area contributed by atoms with E-state index in [1.54, 1.807) is 0 Å². The lowest BCUT2D eigenvalue weighted by Gasteiger charge is -2.27. The first-order valence-electron chi connectivity index (χ1n) is 4.39. The van der Waals surface area contributed by atoms with Gasteiger partial charge >= 0.3 is 0 Å². The summed E-state index contributed by atoms with van der Waals surface area (Å²) >= 11 is 0. The fourth-order valence-corrected chi connectivity index (χ4v) is 2.98. The maximum absolute atomic E-state index is 4.13. The van der Waals surface area contributed by atoms with Gasteiger partial charge in [-0.25, -0.2) is 0 Å². The van der Waals surface area contributed by atoms with Gasteiger partial charge in [0.15, 0.2) is 0 Å². The zero-order valence-electron chi connectivity index (χ0n) is 9.32. The van der Waals surface area contributed by atoms with Crippen molar-refractivity contribution in [1.82, 2.24) is 4.72 Å². The lowest BCUT2D eigenvalue weighted by molar-refractivity contribution is 0.474. The van der Waals surface area contributed by atoms with Crippen molar-refractivity contribution in [2.24, 2.45) is 5.41 Å². The smallest absolute Gasteiger partial charge is 0.0193 e. The summed E-state index contributed by atoms with van der Waals surface area (Å²) in [6, 6.07) is 0. The summed E-state index contributed by atoms with van der Waals surface area (Å²) in [7, 11) is 0.0910. The van der Waals surface area contributed by atoms with E-state index in [0.29, 0.717) is 5.41 Å². The maximum atomic E-state index is 4.13. The molecule has 0 aliphatic carbocycles. The molecule has 0 aliphatic heterocycles. The Balaban J connectivity index is 3.92. The second-order valence-corrected chi connectivity index (χ2v) is 7.03. The van der Waals surface area contributed by atoms with Gasteiger partial charge in [-0.15, -0.1) is 10.7 Å². The second kappa shape index (κ2) is 3.93. The molecule has 0 rings (SSSR count). The number of hydrogen-bond acceptors (Lipinski definition) is 1. The van der Waals surface area contributed by atoms with Crippen LogP contribution in [-0.4, -0.2) is 17.2 Å². The van der Waals surface area contributed by atoms with Gasteiger partial charge in [0.05, 0.1) is 0 Å². The van der Waals surface area contributed by atoms with E-state index in [2.05, 4.69) is 52.1 Å². The average Bonchev–Trinajstić information content (AvgIpc) is 1.49. The monoisotopic (exact) mass is 189 g/mol. The molecular weight excluding hydrogens is 166 g/mol. The third-order valence-electron chi connectivity index (χ3n) is 1.06. The summed E-state index contributed by atoms with van der Waals surface area (Å²) in [5.74, 6) is 5.27. The van der Waals surface area contributed by atoms with E-state index >= 15 is 0 Å². The summed E-state index contributed by atoms with van der Waals surface area (Å²) in [6.45, 7) is 13.3. The molecule has 0 heterocycles. The van der Waals surface area contributed by atoms with Gasteiger partial charge in [0, 0.05) is 11.3 Å². The fourth-order valence-electron chi connectivity index (χ4n) is 0.992. The van der Waals surface area contributed by atoms with E-state index in [-0.39, 0.29) is 16.2 Å². The first-order valence-corrected chi connectivity index (χ1v) is 5.95. The zero-order valence-corrected chi connectivity index (χ0v) is 10.1. The van der Waals surface area contributed by atoms with Gasteiger partial charge in [0.25, 0.3) is 0 Å². The van der Waals surface area contributed by atoms with Crippen molar-refractivity contribution in [2.45, 2.75) is 47.1 Å². The van der Waals surface area contributed by atoms with Crippen LogP contribution in [0.2, 0.25) is 0 Å². The Morgan fingerprint density at radius 1 is 1.08 bits per heavy atom. The molecule has 0 radical (unpaired) electrons. The lowest BCUT2D eigenvalue weighted by atomic mass is 10.0. The van der Waals surface area contributed by atoms with Crippen LogP contribution in [0.5, 0.6) is 0 Å². The molecular formula is C10H23NS. The summed E-state index contributed by atoms with van der Waals surface area (Å²) in [5, 5.41) is 0. The molecule has 1 N–H and O–H groups in total. The van der Waals surface area contributed by atoms with Crippen molar-refractivity contribution in [3.8, 4) is 0 Å². The predicted octanol–water partition coefficient (Wildman–Crippen LogP) is 3.04. The summed E-state index contributed by atoms with van der Waals surface area (Å²) in [6.07, 6.45) is 0. The van der Waals surface area contributed by atoms with Gasteiger partial charge in [-0.05, 0) is 26.2 Å². The van der Waals surface area contributed by atoms with Crippen LogP contribution in [0.3, 0.4) is 0 Å². The molecule has 0 fully saturated rings. The van der Waals surface area contributed by atoms with Gasteiger partial charge in [-0.1, -0.05) is 26.6 Å². The molecule has 0 spiro atoms. The minimum absolute atomic E-state index is 0.0910. The molecule has 1 unspecified atom stereocenters. The molecule has 0 saturated heterocycles. The molecule has 0 amide bonds. The quantitative estimate of drug-likeness (QED) is 0.658. The Morgan fingerprint density at radius 3 is 1.75 bits per heavy atom. The normalized spacial score (nSPS) is 16.2. The van der Waals surface area contributed by atoms with Crippen LogP contribution in [0.1, 0.15) is 41.5 Å². The highest BCUT2D eigenvalue weighted by Gasteiger charge is 2.15. The highest BCUT2D eigenvalue weighted by Crippen LogP contribution is 2.23. The average molecular weight is 189 g/mol. The van der Waals surface area contributed by atoms with Gasteiger partial charge in [0.2, 0.25) is 0 Å². The fraction of sp³-hybridized carbons (Fsp3) is 0.900. The minimum atomic E-state index is 0.0910. The van der Waals surface area contributed by atoms with E-state index in [1.807, 2.05) is 0 Å². The Labute approximate surface area is 80.0 Å². The van der Waals surface area contributed by atoms with Crippen molar-refractivity contribution in [3.63, 3.8) is 0 Å². The first kappa shape index (κ1) is 12.2. The Hall–Kier alpha value is 0.180. The molecule has 1 atom stereocenters. The molecule has 12 heavy (non-hydrogen) atoms. The van der Waals surface area contributed by atoms with Gasteiger partial charge < -0.3 is 0 Å². The van der Waals surface area contributed by atoms with Crippen LogP contribution in [0.15, 0.2) is 0 Å². The van der Waals surface area contributed by atoms with Crippen molar-refractivity contribution in [2.75, 3.05) is 5.75 Å². The molecule has 0 aromatic heterocycles. The van der Waals surface area contributed by atoms with Gasteiger partial charge in [-0.3, -0.25) is 4.72 Å². The summed E-state index contributed by atoms with van der Waals surface area (Å²) in [5.41, 5.74) is 0.569. The van der Waals surface area contributed by atoms with Gasteiger partial charge in [0.1, 0.15) is 0 Å².